The second-order valence-corrected chi connectivity index (χ2v) is 11.1. The molecule has 1 amide bonds. The van der Waals surface area contributed by atoms with Crippen LogP contribution in [0.1, 0.15) is 30.1 Å². The molecule has 0 aliphatic heterocycles. The molecular weight excluding hydrogens is 512 g/mol. The molecule has 194 valence electrons. The van der Waals surface area contributed by atoms with Crippen molar-refractivity contribution in [2.45, 2.75) is 42.4 Å². The second-order valence-electron chi connectivity index (χ2n) is 8.98. The van der Waals surface area contributed by atoms with Crippen molar-refractivity contribution in [1.82, 2.24) is 15.6 Å². The Morgan fingerprint density at radius 1 is 1.08 bits per heavy atom. The highest BCUT2D eigenvalue weighted by molar-refractivity contribution is 7.90. The van der Waals surface area contributed by atoms with Crippen molar-refractivity contribution in [2.75, 3.05) is 5.75 Å². The predicted molar refractivity (Wildman–Crippen MR) is 127 cm³/mol. The quantitative estimate of drug-likeness (QED) is 0.405. The predicted octanol–water partition coefficient (Wildman–Crippen LogP) is 3.72. The number of pyridine rings is 1. The zero-order valence-electron chi connectivity index (χ0n) is 19.3. The summed E-state index contributed by atoms with van der Waals surface area (Å²) in [6, 6.07) is 11.2. The van der Waals surface area contributed by atoms with E-state index in [0.717, 1.165) is 29.7 Å². The van der Waals surface area contributed by atoms with Crippen molar-refractivity contribution in [2.24, 2.45) is 0 Å². The molecule has 1 saturated carbocycles. The molecule has 1 fully saturated rings. The summed E-state index contributed by atoms with van der Waals surface area (Å²) in [6.07, 6.45) is -4.33. The lowest BCUT2D eigenvalue weighted by Crippen LogP contribution is -2.54. The molecule has 1 heterocycles. The lowest BCUT2D eigenvalue weighted by molar-refractivity contribution is -0.160. The summed E-state index contributed by atoms with van der Waals surface area (Å²) >= 11 is 0. The molecule has 7 nitrogen and oxygen atoms in total. The number of nitrogens with zero attached hydrogens (tertiary/aromatic N) is 2. The molecule has 2 atom stereocenters. The van der Waals surface area contributed by atoms with Crippen LogP contribution in [0.25, 0.3) is 10.9 Å². The Bertz CT molecular complexity index is 1450. The van der Waals surface area contributed by atoms with Crippen LogP contribution in [-0.2, 0) is 20.4 Å². The van der Waals surface area contributed by atoms with Crippen LogP contribution < -0.4 is 10.6 Å². The Kier molecular flexibility index (Phi) is 7.21. The summed E-state index contributed by atoms with van der Waals surface area (Å²) in [7, 11) is -4.17. The molecule has 0 saturated heterocycles. The summed E-state index contributed by atoms with van der Waals surface area (Å²) < 4.78 is 81.4. The number of benzene rings is 2. The monoisotopic (exact) mass is 534 g/mol. The van der Waals surface area contributed by atoms with Gasteiger partial charge in [0.1, 0.15) is 23.4 Å². The number of hydrogen-bond acceptors (Lipinski definition) is 6. The van der Waals surface area contributed by atoms with Gasteiger partial charge in [-0.3, -0.25) is 15.1 Å². The topological polar surface area (TPSA) is 112 Å². The van der Waals surface area contributed by atoms with Gasteiger partial charge in [0.25, 0.3) is 0 Å². The number of halogens is 4. The van der Waals surface area contributed by atoms with Gasteiger partial charge in [-0.15, -0.1) is 0 Å². The number of nitrogens with one attached hydrogen (secondary N) is 2. The number of rotatable bonds is 9. The van der Waals surface area contributed by atoms with E-state index in [2.05, 4.69) is 15.6 Å². The van der Waals surface area contributed by atoms with Crippen molar-refractivity contribution >= 4 is 26.6 Å². The number of carbonyl (C=O) groups is 1. The number of hydrogen-bond donors (Lipinski definition) is 2. The minimum atomic E-state index is -4.94. The molecule has 0 radical (unpaired) electrons. The van der Waals surface area contributed by atoms with Crippen molar-refractivity contribution in [1.29, 1.82) is 5.26 Å². The van der Waals surface area contributed by atoms with E-state index in [4.69, 9.17) is 0 Å². The highest BCUT2D eigenvalue weighted by Gasteiger charge is 2.48. The van der Waals surface area contributed by atoms with Gasteiger partial charge in [-0.2, -0.15) is 18.4 Å². The van der Waals surface area contributed by atoms with Gasteiger partial charge in [0.2, 0.25) is 5.91 Å². The number of aromatic nitrogens is 1. The number of sulfone groups is 1. The van der Waals surface area contributed by atoms with Crippen LogP contribution in [0.15, 0.2) is 60.7 Å². The van der Waals surface area contributed by atoms with Crippen LogP contribution >= 0.6 is 0 Å². The molecule has 12 heteroatoms. The standard InChI is InChI=1S/C25H22F4N4O3S/c26-18-8-5-17(6-9-18)22(25(27,28)29)32-21(23(34)33-24(15-30)11-12-24)14-37(35,36)13-19-10-7-16-3-1-2-4-20(16)31-19/h1-10,21-22,32H,11-14H2,(H,33,34)/t21-,22-/m0/s1. The third kappa shape index (κ3) is 6.61. The summed E-state index contributed by atoms with van der Waals surface area (Å²) in [6.45, 7) is 0. The number of alkyl halides is 3. The molecule has 1 aliphatic carbocycles. The van der Waals surface area contributed by atoms with Crippen LogP contribution in [0.4, 0.5) is 17.6 Å². The van der Waals surface area contributed by atoms with Crippen LogP contribution in [0, 0.1) is 17.1 Å². The number of nitriles is 1. The van der Waals surface area contributed by atoms with Crippen molar-refractivity contribution in [3.05, 3.63) is 77.7 Å². The number of fused-ring (bicyclic) bond motifs is 1. The molecular formula is C25H22F4N4O3S. The van der Waals surface area contributed by atoms with E-state index in [1.165, 1.54) is 6.07 Å². The first-order chi connectivity index (χ1) is 17.4. The van der Waals surface area contributed by atoms with Gasteiger partial charge < -0.3 is 5.32 Å². The molecule has 3 aromatic rings. The molecule has 0 spiro atoms. The largest absolute Gasteiger partial charge is 0.407 e. The lowest BCUT2D eigenvalue weighted by atomic mass is 10.0. The lowest BCUT2D eigenvalue weighted by Gasteiger charge is -2.28. The molecule has 1 aliphatic rings. The zero-order chi connectivity index (χ0) is 26.8. The van der Waals surface area contributed by atoms with Gasteiger partial charge in [0.05, 0.1) is 28.8 Å². The van der Waals surface area contributed by atoms with E-state index >= 15 is 0 Å². The maximum atomic E-state index is 14.0. The van der Waals surface area contributed by atoms with Gasteiger partial charge in [-0.05, 0) is 42.7 Å². The van der Waals surface area contributed by atoms with E-state index in [-0.39, 0.29) is 5.69 Å². The molecule has 0 bridgehead atoms. The first-order valence-corrected chi connectivity index (χ1v) is 13.1. The summed E-state index contributed by atoms with van der Waals surface area (Å²) in [5.41, 5.74) is -0.925. The Labute approximate surface area is 210 Å². The third-order valence-electron chi connectivity index (χ3n) is 5.99. The first-order valence-electron chi connectivity index (χ1n) is 11.3. The molecule has 2 aromatic carbocycles. The SMILES string of the molecule is N#CC1(NC(=O)[C@H](CS(=O)(=O)Cc2ccc3ccccc3n2)N[C@@H](c2ccc(F)cc2)C(F)(F)F)CC1. The van der Waals surface area contributed by atoms with Crippen molar-refractivity contribution in [3.63, 3.8) is 0 Å². The Morgan fingerprint density at radius 3 is 2.38 bits per heavy atom. The maximum Gasteiger partial charge on any atom is 0.407 e. The zero-order valence-corrected chi connectivity index (χ0v) is 20.1. The molecule has 37 heavy (non-hydrogen) atoms. The smallest absolute Gasteiger partial charge is 0.336 e. The average molecular weight is 535 g/mol. The summed E-state index contributed by atoms with van der Waals surface area (Å²) in [4.78, 5) is 17.3. The Morgan fingerprint density at radius 2 is 1.76 bits per heavy atom. The number of para-hydroxylation sites is 1. The van der Waals surface area contributed by atoms with E-state index in [9.17, 15) is 36.0 Å². The average Bonchev–Trinajstić information content (AvgIpc) is 3.61. The van der Waals surface area contributed by atoms with Crippen LogP contribution in [0.3, 0.4) is 0 Å². The maximum absolute atomic E-state index is 14.0. The van der Waals surface area contributed by atoms with Gasteiger partial charge in [0, 0.05) is 5.39 Å². The van der Waals surface area contributed by atoms with Gasteiger partial charge >= 0.3 is 6.18 Å². The highest BCUT2D eigenvalue weighted by Crippen LogP contribution is 2.36. The van der Waals surface area contributed by atoms with E-state index in [1.807, 2.05) is 6.07 Å². The number of carbonyl (C=O) groups excluding carboxylic acids is 1. The minimum absolute atomic E-state index is 0.166. The normalized spacial score (nSPS) is 16.5. The minimum Gasteiger partial charge on any atom is -0.336 e. The fourth-order valence-electron chi connectivity index (χ4n) is 3.88. The second kappa shape index (κ2) is 10.1. The van der Waals surface area contributed by atoms with Crippen LogP contribution in [-0.4, -0.2) is 42.8 Å². The summed E-state index contributed by atoms with van der Waals surface area (Å²) in [5, 5.41) is 14.6. The first kappa shape index (κ1) is 26.5. The van der Waals surface area contributed by atoms with Gasteiger partial charge in [0.15, 0.2) is 9.84 Å². The van der Waals surface area contributed by atoms with Crippen molar-refractivity contribution in [3.8, 4) is 6.07 Å². The van der Waals surface area contributed by atoms with Crippen molar-refractivity contribution < 1.29 is 30.8 Å². The van der Waals surface area contributed by atoms with Crippen LogP contribution in [0.2, 0.25) is 0 Å². The molecule has 4 rings (SSSR count). The number of amides is 1. The van der Waals surface area contributed by atoms with Gasteiger partial charge in [-0.1, -0.05) is 36.4 Å². The van der Waals surface area contributed by atoms with Gasteiger partial charge in [-0.25, -0.2) is 12.8 Å². The highest BCUT2D eigenvalue weighted by atomic mass is 32.2. The molecule has 2 N–H and O–H groups in total. The fraction of sp³-hybridized carbons (Fsp3) is 0.320. The van der Waals surface area contributed by atoms with E-state index in [0.29, 0.717) is 18.4 Å². The third-order valence-corrected chi connectivity index (χ3v) is 7.56. The van der Waals surface area contributed by atoms with Crippen LogP contribution in [0.5, 0.6) is 0 Å². The summed E-state index contributed by atoms with van der Waals surface area (Å²) in [5.74, 6) is -3.40. The fourth-order valence-corrected chi connectivity index (χ4v) is 5.36. The Balaban J connectivity index is 1.61. The Hall–Kier alpha value is -3.56. The van der Waals surface area contributed by atoms with E-state index < -0.39 is 62.4 Å². The molecule has 1 aromatic heterocycles. The van der Waals surface area contributed by atoms with E-state index in [1.54, 1.807) is 30.3 Å². The molecule has 0 unspecified atom stereocenters.